The first kappa shape index (κ1) is 9.12. The summed E-state index contributed by atoms with van der Waals surface area (Å²) in [5, 5.41) is 6.68. The molecule has 0 aliphatic carbocycles. The molecule has 3 nitrogen and oxygen atoms in total. The van der Waals surface area contributed by atoms with Crippen molar-refractivity contribution in [2.45, 2.75) is 25.9 Å². The zero-order valence-corrected chi connectivity index (χ0v) is 8.56. The van der Waals surface area contributed by atoms with Crippen molar-refractivity contribution in [3.63, 3.8) is 0 Å². The Morgan fingerprint density at radius 2 is 2.69 bits per heavy atom. The second kappa shape index (κ2) is 4.17. The van der Waals surface area contributed by atoms with Crippen LogP contribution in [0.5, 0.6) is 0 Å². The van der Waals surface area contributed by atoms with Crippen LogP contribution in [0.15, 0.2) is 5.38 Å². The summed E-state index contributed by atoms with van der Waals surface area (Å²) >= 11 is 1.70. The lowest BCUT2D eigenvalue weighted by Gasteiger charge is -2.07. The van der Waals surface area contributed by atoms with Crippen molar-refractivity contribution >= 4 is 11.3 Å². The van der Waals surface area contributed by atoms with Gasteiger partial charge in [0.05, 0.1) is 17.3 Å². The predicted molar refractivity (Wildman–Crippen MR) is 52.9 cm³/mol. The molecule has 1 unspecified atom stereocenters. The van der Waals surface area contributed by atoms with E-state index in [4.69, 9.17) is 4.74 Å². The molecule has 1 atom stereocenters. The largest absolute Gasteiger partial charge is 0.380 e. The number of nitrogens with zero attached hydrogens (tertiary/aromatic N) is 1. The van der Waals surface area contributed by atoms with Crippen LogP contribution in [0, 0.1) is 6.92 Å². The monoisotopic (exact) mass is 198 g/mol. The third kappa shape index (κ3) is 2.49. The van der Waals surface area contributed by atoms with Crippen LogP contribution in [-0.4, -0.2) is 24.2 Å². The molecule has 4 heteroatoms. The van der Waals surface area contributed by atoms with Gasteiger partial charge in [0.25, 0.3) is 0 Å². The maximum atomic E-state index is 5.27. The fraction of sp³-hybridized carbons (Fsp3) is 0.667. The van der Waals surface area contributed by atoms with Gasteiger partial charge in [-0.2, -0.15) is 0 Å². The quantitative estimate of drug-likeness (QED) is 0.795. The van der Waals surface area contributed by atoms with Crippen LogP contribution in [0.4, 0.5) is 0 Å². The maximum absolute atomic E-state index is 5.27. The van der Waals surface area contributed by atoms with Gasteiger partial charge < -0.3 is 10.1 Å². The van der Waals surface area contributed by atoms with Crippen molar-refractivity contribution < 1.29 is 4.74 Å². The smallest absolute Gasteiger partial charge is 0.0897 e. The maximum Gasteiger partial charge on any atom is 0.0897 e. The Balaban J connectivity index is 1.78. The molecule has 72 valence electrons. The molecule has 0 aromatic carbocycles. The lowest BCUT2D eigenvalue weighted by Crippen LogP contribution is -2.28. The Morgan fingerprint density at radius 3 is 3.31 bits per heavy atom. The highest BCUT2D eigenvalue weighted by Gasteiger charge is 2.14. The molecule has 0 bridgehead atoms. The molecule has 2 rings (SSSR count). The van der Waals surface area contributed by atoms with E-state index < -0.39 is 0 Å². The SMILES string of the molecule is Cc1nc(CNC2CCOC2)cs1. The summed E-state index contributed by atoms with van der Waals surface area (Å²) in [5.74, 6) is 0. The molecule has 0 saturated carbocycles. The van der Waals surface area contributed by atoms with Crippen LogP contribution in [0.1, 0.15) is 17.1 Å². The second-order valence-electron chi connectivity index (χ2n) is 3.30. The highest BCUT2D eigenvalue weighted by molar-refractivity contribution is 7.09. The third-order valence-corrected chi connectivity index (χ3v) is 2.99. The summed E-state index contributed by atoms with van der Waals surface area (Å²) in [6.07, 6.45) is 1.13. The first-order chi connectivity index (χ1) is 6.34. The average Bonchev–Trinajstić information content (AvgIpc) is 2.71. The van der Waals surface area contributed by atoms with E-state index in [0.29, 0.717) is 6.04 Å². The van der Waals surface area contributed by atoms with Gasteiger partial charge in [-0.3, -0.25) is 0 Å². The van der Waals surface area contributed by atoms with Crippen LogP contribution in [0.2, 0.25) is 0 Å². The molecule has 1 aromatic rings. The van der Waals surface area contributed by atoms with Gasteiger partial charge in [-0.1, -0.05) is 0 Å². The topological polar surface area (TPSA) is 34.2 Å². The summed E-state index contributed by atoms with van der Waals surface area (Å²) in [7, 11) is 0. The molecule has 1 saturated heterocycles. The van der Waals surface area contributed by atoms with Gasteiger partial charge in [0, 0.05) is 24.6 Å². The number of hydrogen-bond acceptors (Lipinski definition) is 4. The van der Waals surface area contributed by atoms with Gasteiger partial charge in [-0.25, -0.2) is 4.98 Å². The van der Waals surface area contributed by atoms with Gasteiger partial charge in [-0.15, -0.1) is 11.3 Å². The number of thiazole rings is 1. The lowest BCUT2D eigenvalue weighted by atomic mass is 10.2. The average molecular weight is 198 g/mol. The number of hydrogen-bond donors (Lipinski definition) is 1. The van der Waals surface area contributed by atoms with E-state index in [9.17, 15) is 0 Å². The predicted octanol–water partition coefficient (Wildman–Crippen LogP) is 1.33. The zero-order valence-electron chi connectivity index (χ0n) is 7.75. The summed E-state index contributed by atoms with van der Waals surface area (Å²) in [6.45, 7) is 4.65. The molecule has 0 spiro atoms. The molecule has 1 N–H and O–H groups in total. The van der Waals surface area contributed by atoms with E-state index in [1.807, 2.05) is 6.92 Å². The minimum atomic E-state index is 0.530. The summed E-state index contributed by atoms with van der Waals surface area (Å²) in [4.78, 5) is 4.39. The van der Waals surface area contributed by atoms with E-state index in [1.54, 1.807) is 11.3 Å². The second-order valence-corrected chi connectivity index (χ2v) is 4.36. The Kier molecular flexibility index (Phi) is 2.93. The number of aromatic nitrogens is 1. The standard InChI is InChI=1S/C9H14N2OS/c1-7-11-9(6-13-7)4-10-8-2-3-12-5-8/h6,8,10H,2-5H2,1H3. The first-order valence-corrected chi connectivity index (χ1v) is 5.44. The highest BCUT2D eigenvalue weighted by atomic mass is 32.1. The van der Waals surface area contributed by atoms with E-state index >= 15 is 0 Å². The van der Waals surface area contributed by atoms with Crippen LogP contribution in [0.25, 0.3) is 0 Å². The van der Waals surface area contributed by atoms with Crippen molar-refractivity contribution in [1.82, 2.24) is 10.3 Å². The van der Waals surface area contributed by atoms with Crippen molar-refractivity contribution in [2.24, 2.45) is 0 Å². The van der Waals surface area contributed by atoms with Crippen LogP contribution in [-0.2, 0) is 11.3 Å². The number of aryl methyl sites for hydroxylation is 1. The molecule has 2 heterocycles. The zero-order chi connectivity index (χ0) is 9.10. The highest BCUT2D eigenvalue weighted by Crippen LogP contribution is 2.09. The normalized spacial score (nSPS) is 22.4. The van der Waals surface area contributed by atoms with Gasteiger partial charge >= 0.3 is 0 Å². The minimum Gasteiger partial charge on any atom is -0.380 e. The third-order valence-electron chi connectivity index (χ3n) is 2.17. The van der Waals surface area contributed by atoms with E-state index in [0.717, 1.165) is 36.9 Å². The summed E-state index contributed by atoms with van der Waals surface area (Å²) < 4.78 is 5.27. The summed E-state index contributed by atoms with van der Waals surface area (Å²) in [5.41, 5.74) is 1.15. The van der Waals surface area contributed by atoms with Crippen molar-refractivity contribution in [3.8, 4) is 0 Å². The Hall–Kier alpha value is -0.450. The number of rotatable bonds is 3. The lowest BCUT2D eigenvalue weighted by molar-refractivity contribution is 0.189. The van der Waals surface area contributed by atoms with Gasteiger partial charge in [0.2, 0.25) is 0 Å². The van der Waals surface area contributed by atoms with Crippen molar-refractivity contribution in [1.29, 1.82) is 0 Å². The molecule has 0 amide bonds. The molecule has 1 aliphatic heterocycles. The van der Waals surface area contributed by atoms with Crippen molar-refractivity contribution in [2.75, 3.05) is 13.2 Å². The molecule has 13 heavy (non-hydrogen) atoms. The van der Waals surface area contributed by atoms with Crippen LogP contribution < -0.4 is 5.32 Å². The Labute approximate surface area is 82.1 Å². The van der Waals surface area contributed by atoms with E-state index in [1.165, 1.54) is 0 Å². The number of nitrogens with one attached hydrogen (secondary N) is 1. The molecular formula is C9H14N2OS. The van der Waals surface area contributed by atoms with Gasteiger partial charge in [0.15, 0.2) is 0 Å². The van der Waals surface area contributed by atoms with Crippen LogP contribution >= 0.6 is 11.3 Å². The first-order valence-electron chi connectivity index (χ1n) is 4.57. The molecular weight excluding hydrogens is 184 g/mol. The molecule has 1 aliphatic rings. The fourth-order valence-corrected chi connectivity index (χ4v) is 2.05. The fourth-order valence-electron chi connectivity index (χ4n) is 1.43. The Morgan fingerprint density at radius 1 is 1.77 bits per heavy atom. The van der Waals surface area contributed by atoms with Crippen molar-refractivity contribution in [3.05, 3.63) is 16.1 Å². The number of ether oxygens (including phenoxy) is 1. The van der Waals surface area contributed by atoms with E-state index in [2.05, 4.69) is 15.7 Å². The molecule has 0 radical (unpaired) electrons. The van der Waals surface area contributed by atoms with Gasteiger partial charge in [-0.05, 0) is 13.3 Å². The summed E-state index contributed by atoms with van der Waals surface area (Å²) in [6, 6.07) is 0.530. The van der Waals surface area contributed by atoms with Crippen LogP contribution in [0.3, 0.4) is 0 Å². The Bertz CT molecular complexity index is 268. The van der Waals surface area contributed by atoms with Gasteiger partial charge in [0.1, 0.15) is 0 Å². The van der Waals surface area contributed by atoms with E-state index in [-0.39, 0.29) is 0 Å². The molecule has 1 fully saturated rings. The minimum absolute atomic E-state index is 0.530. The molecule has 1 aromatic heterocycles.